The van der Waals surface area contributed by atoms with E-state index in [1.165, 1.54) is 11.1 Å². The fourth-order valence-electron chi connectivity index (χ4n) is 5.75. The number of thioether (sulfide) groups is 1. The monoisotopic (exact) mass is 457 g/mol. The van der Waals surface area contributed by atoms with Crippen LogP contribution in [0.3, 0.4) is 0 Å². The highest BCUT2D eigenvalue weighted by Gasteiger charge is 2.43. The Bertz CT molecular complexity index is 812. The molecule has 1 N–H and O–H groups in total. The lowest BCUT2D eigenvalue weighted by atomic mass is 9.77. The van der Waals surface area contributed by atoms with Gasteiger partial charge in [-0.15, -0.1) is 0 Å². The number of benzene rings is 1. The summed E-state index contributed by atoms with van der Waals surface area (Å²) in [6.45, 7) is 3.09. The van der Waals surface area contributed by atoms with Gasteiger partial charge in [-0.3, -0.25) is 14.4 Å². The number of carbonyl (C=O) groups excluding carboxylic acids is 3. The third kappa shape index (κ3) is 5.13. The molecule has 1 aromatic carbocycles. The van der Waals surface area contributed by atoms with E-state index in [-0.39, 0.29) is 17.2 Å². The van der Waals surface area contributed by atoms with E-state index in [2.05, 4.69) is 29.6 Å². The summed E-state index contributed by atoms with van der Waals surface area (Å²) in [7, 11) is 0. The van der Waals surface area contributed by atoms with Gasteiger partial charge in [0, 0.05) is 32.6 Å². The maximum Gasteiger partial charge on any atom is 0.245 e. The van der Waals surface area contributed by atoms with E-state index in [1.54, 1.807) is 11.8 Å². The van der Waals surface area contributed by atoms with Gasteiger partial charge in [-0.2, -0.15) is 11.8 Å². The van der Waals surface area contributed by atoms with Gasteiger partial charge in [0.25, 0.3) is 0 Å². The van der Waals surface area contributed by atoms with Crippen LogP contribution in [0.1, 0.15) is 43.2 Å². The third-order valence-electron chi connectivity index (χ3n) is 7.70. The van der Waals surface area contributed by atoms with Crippen LogP contribution in [-0.2, 0) is 27.2 Å². The fraction of sp³-hybridized carbons (Fsp3) is 0.640. The lowest BCUT2D eigenvalue weighted by Gasteiger charge is -2.39. The van der Waals surface area contributed by atoms with Gasteiger partial charge in [-0.05, 0) is 73.0 Å². The number of hydrogen-bond acceptors (Lipinski definition) is 4. The first-order valence-corrected chi connectivity index (χ1v) is 13.2. The zero-order valence-corrected chi connectivity index (χ0v) is 19.9. The molecule has 1 unspecified atom stereocenters. The van der Waals surface area contributed by atoms with Crippen molar-refractivity contribution >= 4 is 30.0 Å². The van der Waals surface area contributed by atoms with Gasteiger partial charge >= 0.3 is 0 Å². The molecule has 3 aliphatic rings. The summed E-state index contributed by atoms with van der Waals surface area (Å²) in [4.78, 5) is 40.9. The van der Waals surface area contributed by atoms with Crippen molar-refractivity contribution in [3.05, 3.63) is 35.4 Å². The molecule has 2 fully saturated rings. The molecule has 1 spiro atoms. The smallest absolute Gasteiger partial charge is 0.245 e. The Morgan fingerprint density at radius 3 is 2.34 bits per heavy atom. The van der Waals surface area contributed by atoms with E-state index < -0.39 is 6.04 Å². The molecule has 2 heterocycles. The molecular formula is C25H35N3O3S. The lowest BCUT2D eigenvalue weighted by molar-refractivity contribution is -0.136. The highest BCUT2D eigenvalue weighted by Crippen LogP contribution is 2.41. The molecule has 1 aliphatic carbocycles. The Morgan fingerprint density at radius 2 is 1.75 bits per heavy atom. The van der Waals surface area contributed by atoms with Crippen molar-refractivity contribution in [3.63, 3.8) is 0 Å². The number of fused-ring (bicyclic) bond motifs is 1. The zero-order valence-electron chi connectivity index (χ0n) is 19.1. The summed E-state index contributed by atoms with van der Waals surface area (Å²) < 4.78 is 0. The van der Waals surface area contributed by atoms with Crippen LogP contribution in [-0.4, -0.2) is 72.3 Å². The predicted molar refractivity (Wildman–Crippen MR) is 127 cm³/mol. The molecule has 32 heavy (non-hydrogen) atoms. The van der Waals surface area contributed by atoms with Crippen molar-refractivity contribution in [2.24, 2.45) is 11.3 Å². The van der Waals surface area contributed by atoms with E-state index in [1.807, 2.05) is 16.1 Å². The molecule has 6 nitrogen and oxygen atoms in total. The maximum atomic E-state index is 13.0. The van der Waals surface area contributed by atoms with Gasteiger partial charge < -0.3 is 15.1 Å². The van der Waals surface area contributed by atoms with Crippen molar-refractivity contribution in [2.75, 3.05) is 38.2 Å². The summed E-state index contributed by atoms with van der Waals surface area (Å²) >= 11 is 1.68. The van der Waals surface area contributed by atoms with Crippen LogP contribution in [0, 0.1) is 11.3 Å². The molecule has 0 bridgehead atoms. The number of likely N-dealkylation sites (tertiary alicyclic amines) is 2. The molecule has 4 rings (SSSR count). The number of hydrogen-bond donors (Lipinski definition) is 1. The first kappa shape index (κ1) is 23.1. The van der Waals surface area contributed by atoms with E-state index in [9.17, 15) is 14.4 Å². The first-order valence-electron chi connectivity index (χ1n) is 11.9. The SMILES string of the molecule is CSCCC(NC=O)C(=O)N1CCC2(CCN(C(=O)CC3Cc4ccccc4C3)CC2)C1. The molecule has 0 aromatic heterocycles. The lowest BCUT2D eigenvalue weighted by Crippen LogP contribution is -2.48. The Labute approximate surface area is 195 Å². The first-order chi connectivity index (χ1) is 15.5. The van der Waals surface area contributed by atoms with Crippen LogP contribution >= 0.6 is 11.8 Å². The average Bonchev–Trinajstić information content (AvgIpc) is 3.40. The number of nitrogens with zero attached hydrogens (tertiary/aromatic N) is 2. The van der Waals surface area contributed by atoms with Crippen molar-refractivity contribution in [2.45, 2.75) is 51.0 Å². The van der Waals surface area contributed by atoms with Crippen LogP contribution in [0.15, 0.2) is 24.3 Å². The highest BCUT2D eigenvalue weighted by molar-refractivity contribution is 7.98. The van der Waals surface area contributed by atoms with Crippen molar-refractivity contribution in [1.82, 2.24) is 15.1 Å². The van der Waals surface area contributed by atoms with E-state index in [0.29, 0.717) is 25.2 Å². The Hall–Kier alpha value is -2.02. The standard InChI is InChI=1S/C25H35N3O3S/c1-32-13-6-22(26-18-29)24(31)28-12-9-25(17-28)7-10-27(11-8-25)23(30)16-19-14-20-4-2-3-5-21(20)15-19/h2-5,18-19,22H,6-17H2,1H3,(H,26,29). The van der Waals surface area contributed by atoms with Gasteiger partial charge in [0.2, 0.25) is 18.2 Å². The summed E-state index contributed by atoms with van der Waals surface area (Å²) in [5, 5.41) is 2.71. The quantitative estimate of drug-likeness (QED) is 0.609. The van der Waals surface area contributed by atoms with Crippen molar-refractivity contribution < 1.29 is 14.4 Å². The molecule has 7 heteroatoms. The van der Waals surface area contributed by atoms with Gasteiger partial charge in [-0.25, -0.2) is 0 Å². The molecular weight excluding hydrogens is 422 g/mol. The largest absolute Gasteiger partial charge is 0.347 e. The summed E-state index contributed by atoms with van der Waals surface area (Å²) in [6.07, 6.45) is 8.90. The third-order valence-corrected chi connectivity index (χ3v) is 8.35. The molecule has 0 saturated carbocycles. The van der Waals surface area contributed by atoms with Gasteiger partial charge in [0.15, 0.2) is 0 Å². The van der Waals surface area contributed by atoms with Crippen LogP contribution in [0.2, 0.25) is 0 Å². The molecule has 1 aromatic rings. The Kier molecular flexibility index (Phi) is 7.44. The summed E-state index contributed by atoms with van der Waals surface area (Å²) in [6, 6.07) is 8.13. The molecule has 2 aliphatic heterocycles. The average molecular weight is 458 g/mol. The topological polar surface area (TPSA) is 69.7 Å². The van der Waals surface area contributed by atoms with Crippen LogP contribution in [0.4, 0.5) is 0 Å². The van der Waals surface area contributed by atoms with Crippen LogP contribution in [0.25, 0.3) is 0 Å². The fourth-order valence-corrected chi connectivity index (χ4v) is 6.22. The second-order valence-corrected chi connectivity index (χ2v) is 10.7. The van der Waals surface area contributed by atoms with Crippen molar-refractivity contribution in [3.8, 4) is 0 Å². The molecule has 1 atom stereocenters. The van der Waals surface area contributed by atoms with Gasteiger partial charge in [-0.1, -0.05) is 24.3 Å². The van der Waals surface area contributed by atoms with Gasteiger partial charge in [0.1, 0.15) is 6.04 Å². The minimum Gasteiger partial charge on any atom is -0.347 e. The van der Waals surface area contributed by atoms with Gasteiger partial charge in [0.05, 0.1) is 0 Å². The van der Waals surface area contributed by atoms with E-state index in [4.69, 9.17) is 0 Å². The number of carbonyl (C=O) groups is 3. The normalized spacial score (nSPS) is 20.9. The molecule has 3 amide bonds. The van der Waals surface area contributed by atoms with Crippen LogP contribution in [0.5, 0.6) is 0 Å². The van der Waals surface area contributed by atoms with Crippen molar-refractivity contribution in [1.29, 1.82) is 0 Å². The second-order valence-electron chi connectivity index (χ2n) is 9.76. The molecule has 2 saturated heterocycles. The zero-order chi connectivity index (χ0) is 22.6. The van der Waals surface area contributed by atoms with E-state index in [0.717, 1.165) is 64.0 Å². The highest BCUT2D eigenvalue weighted by atomic mass is 32.2. The molecule has 174 valence electrons. The van der Waals surface area contributed by atoms with Crippen LogP contribution < -0.4 is 5.32 Å². The number of rotatable bonds is 8. The summed E-state index contributed by atoms with van der Waals surface area (Å²) in [5.41, 5.74) is 2.93. The van der Waals surface area contributed by atoms with E-state index >= 15 is 0 Å². The Balaban J connectivity index is 1.26. The molecule has 0 radical (unpaired) electrons. The minimum absolute atomic E-state index is 0.0438. The summed E-state index contributed by atoms with van der Waals surface area (Å²) in [5.74, 6) is 1.61. The maximum absolute atomic E-state index is 13.0. The second kappa shape index (κ2) is 10.3. The Morgan fingerprint density at radius 1 is 1.12 bits per heavy atom. The predicted octanol–water partition coefficient (Wildman–Crippen LogP) is 2.50. The number of amides is 3. The number of nitrogens with one attached hydrogen (secondary N) is 1. The minimum atomic E-state index is -0.424. The number of piperidine rings is 1.